The summed E-state index contributed by atoms with van der Waals surface area (Å²) in [6.45, 7) is 10.9. The van der Waals surface area contributed by atoms with Gasteiger partial charge in [0, 0.05) is 18.2 Å². The van der Waals surface area contributed by atoms with E-state index in [-0.39, 0.29) is 29.7 Å². The van der Waals surface area contributed by atoms with E-state index in [0.29, 0.717) is 34.7 Å². The standard InChI is InChI=1S/C27H33N5O3/c1-6-19(5)28-24(33)21-10-11-22-23(15-21)32-26(30(25(22)34)13-12-17(2)3)29-31(27(32)35)16-20-9-7-8-18(4)14-20/h7-11,14-15,17,19H,6,12-13,16H2,1-5H3,(H,28,33). The number of amides is 1. The van der Waals surface area contributed by atoms with E-state index < -0.39 is 0 Å². The van der Waals surface area contributed by atoms with Crippen LogP contribution in [0.5, 0.6) is 0 Å². The molecule has 0 bridgehead atoms. The van der Waals surface area contributed by atoms with Crippen LogP contribution in [0, 0.1) is 12.8 Å². The summed E-state index contributed by atoms with van der Waals surface area (Å²) in [6, 6.07) is 12.8. The molecule has 1 amide bonds. The van der Waals surface area contributed by atoms with E-state index in [4.69, 9.17) is 0 Å². The van der Waals surface area contributed by atoms with E-state index in [1.807, 2.05) is 45.0 Å². The number of hydrogen-bond acceptors (Lipinski definition) is 4. The maximum Gasteiger partial charge on any atom is 0.352 e. The Morgan fingerprint density at radius 1 is 1.09 bits per heavy atom. The van der Waals surface area contributed by atoms with Gasteiger partial charge in [-0.3, -0.25) is 14.2 Å². The molecule has 8 nitrogen and oxygen atoms in total. The molecule has 0 aliphatic carbocycles. The van der Waals surface area contributed by atoms with Gasteiger partial charge >= 0.3 is 5.69 Å². The van der Waals surface area contributed by atoms with Crippen LogP contribution >= 0.6 is 0 Å². The molecule has 2 aromatic heterocycles. The van der Waals surface area contributed by atoms with Crippen molar-refractivity contribution >= 4 is 22.6 Å². The number of nitrogens with zero attached hydrogens (tertiary/aromatic N) is 4. The molecule has 0 spiro atoms. The molecular weight excluding hydrogens is 442 g/mol. The lowest BCUT2D eigenvalue weighted by Gasteiger charge is -2.13. The number of aromatic nitrogens is 4. The fourth-order valence-electron chi connectivity index (χ4n) is 4.14. The van der Waals surface area contributed by atoms with Crippen molar-refractivity contribution in [2.24, 2.45) is 5.92 Å². The Hall–Kier alpha value is -3.68. The Morgan fingerprint density at radius 2 is 1.86 bits per heavy atom. The highest BCUT2D eigenvalue weighted by molar-refractivity contribution is 5.98. The highest BCUT2D eigenvalue weighted by atomic mass is 16.2. The lowest BCUT2D eigenvalue weighted by Crippen LogP contribution is -2.32. The number of hydrogen-bond donors (Lipinski definition) is 1. The van der Waals surface area contributed by atoms with E-state index in [0.717, 1.165) is 24.0 Å². The normalized spacial score (nSPS) is 12.5. The number of aryl methyl sites for hydroxylation is 2. The average molecular weight is 476 g/mol. The molecule has 0 fully saturated rings. The molecule has 0 aliphatic heterocycles. The maximum atomic E-state index is 13.6. The number of carbonyl (C=O) groups excluding carboxylic acids is 1. The second-order valence-corrected chi connectivity index (χ2v) is 9.72. The summed E-state index contributed by atoms with van der Waals surface area (Å²) in [5, 5.41) is 7.92. The first kappa shape index (κ1) is 24.4. The third kappa shape index (κ3) is 4.92. The number of benzene rings is 2. The van der Waals surface area contributed by atoms with Crippen molar-refractivity contribution in [3.05, 3.63) is 80.0 Å². The molecule has 4 rings (SSSR count). The Kier molecular flexibility index (Phi) is 6.91. The summed E-state index contributed by atoms with van der Waals surface area (Å²) >= 11 is 0. The van der Waals surface area contributed by atoms with Crippen LogP contribution in [0.15, 0.2) is 52.1 Å². The van der Waals surface area contributed by atoms with Crippen molar-refractivity contribution in [3.8, 4) is 0 Å². The van der Waals surface area contributed by atoms with Crippen molar-refractivity contribution in [3.63, 3.8) is 0 Å². The van der Waals surface area contributed by atoms with Gasteiger partial charge in [-0.25, -0.2) is 13.9 Å². The van der Waals surface area contributed by atoms with Gasteiger partial charge in [-0.1, -0.05) is 50.6 Å². The summed E-state index contributed by atoms with van der Waals surface area (Å²) in [4.78, 5) is 39.9. The average Bonchev–Trinajstić information content (AvgIpc) is 3.14. The van der Waals surface area contributed by atoms with Gasteiger partial charge in [0.25, 0.3) is 11.5 Å². The number of nitrogens with one attached hydrogen (secondary N) is 1. The zero-order chi connectivity index (χ0) is 25.3. The van der Waals surface area contributed by atoms with Crippen LogP contribution in [-0.2, 0) is 13.1 Å². The van der Waals surface area contributed by atoms with Crippen LogP contribution in [0.4, 0.5) is 0 Å². The third-order valence-electron chi connectivity index (χ3n) is 6.37. The third-order valence-corrected chi connectivity index (χ3v) is 6.37. The predicted octanol–water partition coefficient (Wildman–Crippen LogP) is 3.74. The molecule has 2 heterocycles. The molecule has 1 unspecified atom stereocenters. The number of fused-ring (bicyclic) bond motifs is 3. The lowest BCUT2D eigenvalue weighted by molar-refractivity contribution is 0.0939. The molecule has 35 heavy (non-hydrogen) atoms. The molecule has 1 N–H and O–H groups in total. The highest BCUT2D eigenvalue weighted by Gasteiger charge is 2.19. The van der Waals surface area contributed by atoms with Gasteiger partial charge in [0.05, 0.1) is 17.4 Å². The van der Waals surface area contributed by atoms with Crippen LogP contribution in [0.2, 0.25) is 0 Å². The van der Waals surface area contributed by atoms with E-state index in [1.165, 1.54) is 9.08 Å². The minimum Gasteiger partial charge on any atom is -0.350 e. The van der Waals surface area contributed by atoms with Gasteiger partial charge in [-0.05, 0) is 56.4 Å². The van der Waals surface area contributed by atoms with Crippen molar-refractivity contribution in [2.75, 3.05) is 0 Å². The zero-order valence-corrected chi connectivity index (χ0v) is 21.0. The zero-order valence-electron chi connectivity index (χ0n) is 21.0. The van der Waals surface area contributed by atoms with Crippen LogP contribution in [0.3, 0.4) is 0 Å². The molecule has 0 saturated carbocycles. The van der Waals surface area contributed by atoms with Crippen molar-refractivity contribution in [1.29, 1.82) is 0 Å². The predicted molar refractivity (Wildman–Crippen MR) is 138 cm³/mol. The van der Waals surface area contributed by atoms with Gasteiger partial charge < -0.3 is 5.32 Å². The Balaban J connectivity index is 1.94. The quantitative estimate of drug-likeness (QED) is 0.420. The molecule has 8 heteroatoms. The molecular formula is C27H33N5O3. The summed E-state index contributed by atoms with van der Waals surface area (Å²) in [7, 11) is 0. The number of rotatable bonds is 8. The minimum absolute atomic E-state index is 0.0158. The maximum absolute atomic E-state index is 13.6. The summed E-state index contributed by atoms with van der Waals surface area (Å²) in [5.74, 6) is 0.434. The van der Waals surface area contributed by atoms with Crippen molar-refractivity contribution in [2.45, 2.75) is 66.6 Å². The molecule has 0 aliphatic rings. The topological polar surface area (TPSA) is 90.4 Å². The summed E-state index contributed by atoms with van der Waals surface area (Å²) < 4.78 is 4.43. The smallest absolute Gasteiger partial charge is 0.350 e. The fourth-order valence-corrected chi connectivity index (χ4v) is 4.14. The first-order chi connectivity index (χ1) is 16.7. The number of carbonyl (C=O) groups is 1. The molecule has 0 saturated heterocycles. The van der Waals surface area contributed by atoms with E-state index >= 15 is 0 Å². The SMILES string of the molecule is CCC(C)NC(=O)c1ccc2c(=O)n(CCC(C)C)c3nn(Cc4cccc(C)c4)c(=O)n3c2c1. The first-order valence-electron chi connectivity index (χ1n) is 12.2. The van der Waals surface area contributed by atoms with Crippen LogP contribution in [-0.4, -0.2) is 30.7 Å². The molecule has 0 radical (unpaired) electrons. The van der Waals surface area contributed by atoms with Gasteiger partial charge in [-0.2, -0.15) is 0 Å². The molecule has 4 aromatic rings. The highest BCUT2D eigenvalue weighted by Crippen LogP contribution is 2.16. The van der Waals surface area contributed by atoms with Gasteiger partial charge in [0.15, 0.2) is 0 Å². The minimum atomic E-state index is -0.343. The second-order valence-electron chi connectivity index (χ2n) is 9.72. The van der Waals surface area contributed by atoms with E-state index in [9.17, 15) is 14.4 Å². The van der Waals surface area contributed by atoms with Gasteiger partial charge in [0.1, 0.15) is 0 Å². The Bertz CT molecular complexity index is 1510. The van der Waals surface area contributed by atoms with Crippen LogP contribution < -0.4 is 16.6 Å². The van der Waals surface area contributed by atoms with Crippen molar-refractivity contribution < 1.29 is 4.79 Å². The summed E-state index contributed by atoms with van der Waals surface area (Å²) in [6.07, 6.45) is 1.57. The fraction of sp³-hybridized carbons (Fsp3) is 0.407. The Labute approximate surface area is 204 Å². The molecule has 2 aromatic carbocycles. The summed E-state index contributed by atoms with van der Waals surface area (Å²) in [5.41, 5.74) is 2.28. The van der Waals surface area contributed by atoms with Crippen molar-refractivity contribution in [1.82, 2.24) is 24.1 Å². The van der Waals surface area contributed by atoms with Crippen LogP contribution in [0.1, 0.15) is 62.0 Å². The second kappa shape index (κ2) is 9.90. The molecule has 184 valence electrons. The lowest BCUT2D eigenvalue weighted by atomic mass is 10.1. The largest absolute Gasteiger partial charge is 0.352 e. The van der Waals surface area contributed by atoms with E-state index in [1.54, 1.807) is 22.8 Å². The Morgan fingerprint density at radius 3 is 2.54 bits per heavy atom. The van der Waals surface area contributed by atoms with Gasteiger partial charge in [0.2, 0.25) is 5.78 Å². The first-order valence-corrected chi connectivity index (χ1v) is 12.2. The van der Waals surface area contributed by atoms with Crippen LogP contribution in [0.25, 0.3) is 16.7 Å². The monoisotopic (exact) mass is 475 g/mol. The van der Waals surface area contributed by atoms with E-state index in [2.05, 4.69) is 24.3 Å². The van der Waals surface area contributed by atoms with Gasteiger partial charge in [-0.15, -0.1) is 5.10 Å². The molecule has 1 atom stereocenters.